The summed E-state index contributed by atoms with van der Waals surface area (Å²) in [5, 5.41) is 8.47. The van der Waals surface area contributed by atoms with Crippen molar-refractivity contribution in [2.24, 2.45) is 0 Å². The molecule has 0 aliphatic rings. The van der Waals surface area contributed by atoms with Gasteiger partial charge in [-0.3, -0.25) is 4.79 Å². The van der Waals surface area contributed by atoms with E-state index in [0.717, 1.165) is 0 Å². The van der Waals surface area contributed by atoms with Crippen LogP contribution < -0.4 is 5.73 Å². The Kier molecular flexibility index (Phi) is 2.23. The zero-order chi connectivity index (χ0) is 9.14. The van der Waals surface area contributed by atoms with Crippen molar-refractivity contribution in [2.45, 2.75) is 13.3 Å². The normalized spacial score (nSPS) is 9.75. The summed E-state index contributed by atoms with van der Waals surface area (Å²) in [6.07, 6.45) is 1.37. The highest BCUT2D eigenvalue weighted by molar-refractivity contribution is 5.70. The first-order valence-corrected chi connectivity index (χ1v) is 3.39. The average Bonchev–Trinajstić information content (AvgIpc) is 1.94. The molecule has 5 heteroatoms. The molecule has 0 spiro atoms. The van der Waals surface area contributed by atoms with Gasteiger partial charge in [-0.05, 0) is 6.92 Å². The third-order valence-electron chi connectivity index (χ3n) is 1.44. The number of aromatic nitrogens is 2. The average molecular weight is 167 g/mol. The summed E-state index contributed by atoms with van der Waals surface area (Å²) in [6.45, 7) is 1.70. The van der Waals surface area contributed by atoms with Crippen LogP contribution in [-0.4, -0.2) is 21.0 Å². The number of nitrogens with two attached hydrogens (primary N) is 1. The van der Waals surface area contributed by atoms with E-state index in [-0.39, 0.29) is 12.4 Å². The number of hydrogen-bond acceptors (Lipinski definition) is 4. The van der Waals surface area contributed by atoms with Gasteiger partial charge in [0.1, 0.15) is 0 Å². The number of aryl methyl sites for hydroxylation is 1. The van der Waals surface area contributed by atoms with Gasteiger partial charge in [0.2, 0.25) is 5.95 Å². The fourth-order valence-corrected chi connectivity index (χ4v) is 0.846. The number of hydrogen-bond donors (Lipinski definition) is 2. The van der Waals surface area contributed by atoms with Gasteiger partial charge in [0, 0.05) is 17.5 Å². The first kappa shape index (κ1) is 8.45. The van der Waals surface area contributed by atoms with E-state index in [9.17, 15) is 4.79 Å². The molecule has 0 fully saturated rings. The minimum Gasteiger partial charge on any atom is -0.481 e. The summed E-state index contributed by atoms with van der Waals surface area (Å²) in [4.78, 5) is 17.8. The highest BCUT2D eigenvalue weighted by Crippen LogP contribution is 2.05. The second-order valence-electron chi connectivity index (χ2n) is 2.41. The molecule has 0 saturated carbocycles. The van der Waals surface area contributed by atoms with Crippen LogP contribution in [0.2, 0.25) is 0 Å². The SMILES string of the molecule is Cc1nc(N)ncc1CC(=O)O. The lowest BCUT2D eigenvalue weighted by Crippen LogP contribution is -2.06. The maximum absolute atomic E-state index is 10.3. The number of aliphatic carboxylic acids is 1. The first-order valence-electron chi connectivity index (χ1n) is 3.39. The van der Waals surface area contributed by atoms with Crippen molar-refractivity contribution in [3.8, 4) is 0 Å². The number of carboxylic acids is 1. The first-order chi connectivity index (χ1) is 5.59. The number of carbonyl (C=O) groups is 1. The molecular weight excluding hydrogens is 158 g/mol. The minimum absolute atomic E-state index is 0.0634. The molecule has 0 aliphatic heterocycles. The molecule has 1 aromatic rings. The minimum atomic E-state index is -0.897. The van der Waals surface area contributed by atoms with Crippen molar-refractivity contribution in [3.05, 3.63) is 17.5 Å². The van der Waals surface area contributed by atoms with Gasteiger partial charge in [0.25, 0.3) is 0 Å². The molecule has 0 bridgehead atoms. The molecule has 1 heterocycles. The Morgan fingerprint density at radius 3 is 2.92 bits per heavy atom. The predicted molar refractivity (Wildman–Crippen MR) is 42.5 cm³/mol. The van der Waals surface area contributed by atoms with Crippen molar-refractivity contribution >= 4 is 11.9 Å². The lowest BCUT2D eigenvalue weighted by atomic mass is 10.2. The Balaban J connectivity index is 2.93. The standard InChI is InChI=1S/C7H9N3O2/c1-4-5(2-6(11)12)3-9-7(8)10-4/h3H,2H2,1H3,(H,11,12)(H2,8,9,10). The predicted octanol–water partition coefficient (Wildman–Crippen LogP) is -0.00568. The topological polar surface area (TPSA) is 89.1 Å². The van der Waals surface area contributed by atoms with Crippen LogP contribution in [0.3, 0.4) is 0 Å². The molecular formula is C7H9N3O2. The maximum Gasteiger partial charge on any atom is 0.307 e. The van der Waals surface area contributed by atoms with E-state index < -0.39 is 5.97 Å². The Bertz CT molecular complexity index is 312. The molecule has 5 nitrogen and oxygen atoms in total. The van der Waals surface area contributed by atoms with E-state index in [4.69, 9.17) is 10.8 Å². The van der Waals surface area contributed by atoms with Gasteiger partial charge in [0.05, 0.1) is 6.42 Å². The zero-order valence-electron chi connectivity index (χ0n) is 6.61. The third-order valence-corrected chi connectivity index (χ3v) is 1.44. The van der Waals surface area contributed by atoms with Gasteiger partial charge in [0.15, 0.2) is 0 Å². The molecule has 0 aromatic carbocycles. The van der Waals surface area contributed by atoms with Gasteiger partial charge in [-0.15, -0.1) is 0 Å². The van der Waals surface area contributed by atoms with E-state index in [0.29, 0.717) is 11.3 Å². The molecule has 1 aromatic heterocycles. The lowest BCUT2D eigenvalue weighted by Gasteiger charge is -2.00. The van der Waals surface area contributed by atoms with Gasteiger partial charge >= 0.3 is 5.97 Å². The van der Waals surface area contributed by atoms with Gasteiger partial charge in [-0.1, -0.05) is 0 Å². The Morgan fingerprint density at radius 1 is 1.75 bits per heavy atom. The monoisotopic (exact) mass is 167 g/mol. The summed E-state index contributed by atoms with van der Waals surface area (Å²) in [6, 6.07) is 0. The summed E-state index contributed by atoms with van der Waals surface area (Å²) in [5.41, 5.74) is 6.50. The molecule has 64 valence electrons. The van der Waals surface area contributed by atoms with Crippen molar-refractivity contribution < 1.29 is 9.90 Å². The Hall–Kier alpha value is -1.65. The number of nitrogen functional groups attached to an aromatic ring is 1. The van der Waals surface area contributed by atoms with E-state index in [1.54, 1.807) is 6.92 Å². The molecule has 3 N–H and O–H groups in total. The molecule has 0 radical (unpaired) electrons. The van der Waals surface area contributed by atoms with Crippen LogP contribution in [0.15, 0.2) is 6.20 Å². The van der Waals surface area contributed by atoms with E-state index in [1.165, 1.54) is 6.20 Å². The molecule has 0 aliphatic carbocycles. The van der Waals surface area contributed by atoms with Crippen molar-refractivity contribution in [1.82, 2.24) is 9.97 Å². The molecule has 1 rings (SSSR count). The Morgan fingerprint density at radius 2 is 2.42 bits per heavy atom. The van der Waals surface area contributed by atoms with Crippen LogP contribution in [-0.2, 0) is 11.2 Å². The molecule has 12 heavy (non-hydrogen) atoms. The van der Waals surface area contributed by atoms with Crippen LogP contribution >= 0.6 is 0 Å². The quantitative estimate of drug-likeness (QED) is 0.646. The van der Waals surface area contributed by atoms with Gasteiger partial charge < -0.3 is 10.8 Å². The summed E-state index contributed by atoms with van der Waals surface area (Å²) in [5.74, 6) is -0.729. The van der Waals surface area contributed by atoms with Crippen LogP contribution in [0.4, 0.5) is 5.95 Å². The maximum atomic E-state index is 10.3. The second-order valence-corrected chi connectivity index (χ2v) is 2.41. The molecule has 0 amide bonds. The van der Waals surface area contributed by atoms with E-state index in [2.05, 4.69) is 9.97 Å². The fraction of sp³-hybridized carbons (Fsp3) is 0.286. The number of nitrogens with zero attached hydrogens (tertiary/aromatic N) is 2. The summed E-state index contributed by atoms with van der Waals surface area (Å²) in [7, 11) is 0. The number of rotatable bonds is 2. The largest absolute Gasteiger partial charge is 0.481 e. The number of anilines is 1. The van der Waals surface area contributed by atoms with Crippen LogP contribution in [0.25, 0.3) is 0 Å². The highest BCUT2D eigenvalue weighted by Gasteiger charge is 2.05. The van der Waals surface area contributed by atoms with Crippen molar-refractivity contribution in [3.63, 3.8) is 0 Å². The summed E-state index contributed by atoms with van der Waals surface area (Å²) >= 11 is 0. The van der Waals surface area contributed by atoms with Crippen LogP contribution in [0.1, 0.15) is 11.3 Å². The molecule has 0 atom stereocenters. The van der Waals surface area contributed by atoms with Crippen LogP contribution in [0, 0.1) is 6.92 Å². The van der Waals surface area contributed by atoms with Crippen molar-refractivity contribution in [1.29, 1.82) is 0 Å². The van der Waals surface area contributed by atoms with E-state index >= 15 is 0 Å². The summed E-state index contributed by atoms with van der Waals surface area (Å²) < 4.78 is 0. The Labute approximate surface area is 69.3 Å². The van der Waals surface area contributed by atoms with Gasteiger partial charge in [-0.2, -0.15) is 0 Å². The fourth-order valence-electron chi connectivity index (χ4n) is 0.846. The molecule has 0 unspecified atom stereocenters. The van der Waals surface area contributed by atoms with Crippen molar-refractivity contribution in [2.75, 3.05) is 5.73 Å². The van der Waals surface area contributed by atoms with Gasteiger partial charge in [-0.25, -0.2) is 9.97 Å². The number of carboxylic acid groups (broad SMARTS) is 1. The molecule has 0 saturated heterocycles. The third kappa shape index (κ3) is 1.91. The zero-order valence-corrected chi connectivity index (χ0v) is 6.61. The second kappa shape index (κ2) is 3.17. The smallest absolute Gasteiger partial charge is 0.307 e. The van der Waals surface area contributed by atoms with E-state index in [1.807, 2.05) is 0 Å². The van der Waals surface area contributed by atoms with Crippen LogP contribution in [0.5, 0.6) is 0 Å². The lowest BCUT2D eigenvalue weighted by molar-refractivity contribution is -0.136. The highest BCUT2D eigenvalue weighted by atomic mass is 16.4.